The van der Waals surface area contributed by atoms with Gasteiger partial charge in [-0.15, -0.1) is 11.3 Å². The summed E-state index contributed by atoms with van der Waals surface area (Å²) in [5.41, 5.74) is 3.83. The first kappa shape index (κ1) is 12.1. The van der Waals surface area contributed by atoms with E-state index in [9.17, 15) is 4.79 Å². The van der Waals surface area contributed by atoms with Crippen molar-refractivity contribution in [2.75, 3.05) is 22.5 Å². The predicted octanol–water partition coefficient (Wildman–Crippen LogP) is 1.54. The third-order valence-electron chi connectivity index (χ3n) is 3.37. The van der Waals surface area contributed by atoms with Crippen molar-refractivity contribution < 1.29 is 4.79 Å². The molecule has 0 spiro atoms. The Bertz CT molecular complexity index is 686. The second kappa shape index (κ2) is 4.71. The standard InChI is InChI=1S/C12H11N5OS2/c18-9-4-19-12-10(16-9)11(13-5-14-12)17-2-1-7-8(3-17)20-6-15-7/h5-6H,1-4H2,(H,16,18). The maximum Gasteiger partial charge on any atom is 0.234 e. The first-order valence-corrected chi connectivity index (χ1v) is 8.11. The van der Waals surface area contributed by atoms with Gasteiger partial charge in [-0.05, 0) is 0 Å². The second-order valence-corrected chi connectivity index (χ2v) is 6.51. The molecule has 0 unspecified atom stereocenters. The highest BCUT2D eigenvalue weighted by molar-refractivity contribution is 8.00. The number of thiazole rings is 1. The van der Waals surface area contributed by atoms with Gasteiger partial charge in [-0.3, -0.25) is 4.79 Å². The summed E-state index contributed by atoms with van der Waals surface area (Å²) in [6.07, 6.45) is 2.49. The highest BCUT2D eigenvalue weighted by atomic mass is 32.2. The molecule has 2 aromatic rings. The molecule has 4 rings (SSSR count). The summed E-state index contributed by atoms with van der Waals surface area (Å²) in [4.78, 5) is 28.1. The largest absolute Gasteiger partial charge is 0.349 e. The molecular weight excluding hydrogens is 294 g/mol. The number of nitrogens with one attached hydrogen (secondary N) is 1. The number of hydrogen-bond acceptors (Lipinski definition) is 7. The van der Waals surface area contributed by atoms with Gasteiger partial charge in [-0.25, -0.2) is 15.0 Å². The van der Waals surface area contributed by atoms with Crippen molar-refractivity contribution in [1.82, 2.24) is 15.0 Å². The van der Waals surface area contributed by atoms with Gasteiger partial charge in [0.05, 0.1) is 23.5 Å². The molecule has 8 heteroatoms. The Balaban J connectivity index is 1.71. The van der Waals surface area contributed by atoms with Gasteiger partial charge in [0.15, 0.2) is 5.82 Å². The van der Waals surface area contributed by atoms with Crippen LogP contribution in [0, 0.1) is 0 Å². The molecule has 1 amide bonds. The molecule has 0 atom stereocenters. The fraction of sp³-hybridized carbons (Fsp3) is 0.333. The Hall–Kier alpha value is -1.67. The normalized spacial score (nSPS) is 17.4. The maximum absolute atomic E-state index is 11.6. The van der Waals surface area contributed by atoms with E-state index in [1.54, 1.807) is 17.7 Å². The fourth-order valence-electron chi connectivity index (χ4n) is 2.43. The summed E-state index contributed by atoms with van der Waals surface area (Å²) in [5.74, 6) is 1.24. The number of rotatable bonds is 1. The van der Waals surface area contributed by atoms with E-state index in [1.165, 1.54) is 22.3 Å². The monoisotopic (exact) mass is 305 g/mol. The molecule has 2 aliphatic rings. The average Bonchev–Trinajstić information content (AvgIpc) is 2.94. The van der Waals surface area contributed by atoms with Gasteiger partial charge in [-0.2, -0.15) is 0 Å². The van der Waals surface area contributed by atoms with Crippen LogP contribution in [0.5, 0.6) is 0 Å². The van der Waals surface area contributed by atoms with Gasteiger partial charge >= 0.3 is 0 Å². The van der Waals surface area contributed by atoms with Crippen LogP contribution in [0.2, 0.25) is 0 Å². The molecule has 0 aliphatic carbocycles. The van der Waals surface area contributed by atoms with Gasteiger partial charge in [0.1, 0.15) is 17.0 Å². The van der Waals surface area contributed by atoms with Crippen LogP contribution in [0.1, 0.15) is 10.6 Å². The summed E-state index contributed by atoms with van der Waals surface area (Å²) in [5, 5.41) is 3.76. The highest BCUT2D eigenvalue weighted by Gasteiger charge is 2.26. The van der Waals surface area contributed by atoms with E-state index in [-0.39, 0.29) is 5.91 Å². The molecular formula is C12H11N5OS2. The van der Waals surface area contributed by atoms with E-state index in [0.717, 1.165) is 36.0 Å². The van der Waals surface area contributed by atoms with Crippen LogP contribution >= 0.6 is 23.1 Å². The van der Waals surface area contributed by atoms with E-state index in [4.69, 9.17) is 0 Å². The molecule has 6 nitrogen and oxygen atoms in total. The molecule has 20 heavy (non-hydrogen) atoms. The minimum absolute atomic E-state index is 0.00837. The SMILES string of the molecule is O=C1CSc2ncnc(N3CCc4ncsc4C3)c2N1. The lowest BCUT2D eigenvalue weighted by atomic mass is 10.2. The van der Waals surface area contributed by atoms with Crippen LogP contribution in [0.3, 0.4) is 0 Å². The number of thioether (sulfide) groups is 1. The number of anilines is 2. The molecule has 1 N–H and O–H groups in total. The minimum atomic E-state index is 0.00837. The molecule has 2 aromatic heterocycles. The lowest BCUT2D eigenvalue weighted by Gasteiger charge is -2.30. The Labute approximate surface area is 123 Å². The van der Waals surface area contributed by atoms with Crippen LogP contribution < -0.4 is 10.2 Å². The van der Waals surface area contributed by atoms with Crippen molar-refractivity contribution >= 4 is 40.5 Å². The third kappa shape index (κ3) is 1.95. The summed E-state index contributed by atoms with van der Waals surface area (Å²) >= 11 is 3.14. The van der Waals surface area contributed by atoms with Crippen molar-refractivity contribution in [2.24, 2.45) is 0 Å². The quantitative estimate of drug-likeness (QED) is 0.806. The molecule has 0 radical (unpaired) electrons. The van der Waals surface area contributed by atoms with Crippen LogP contribution in [0.25, 0.3) is 0 Å². The minimum Gasteiger partial charge on any atom is -0.349 e. The second-order valence-electron chi connectivity index (χ2n) is 4.61. The van der Waals surface area contributed by atoms with Gasteiger partial charge in [0, 0.05) is 17.8 Å². The number of fused-ring (bicyclic) bond motifs is 2. The van der Waals surface area contributed by atoms with Crippen LogP contribution in [0.15, 0.2) is 16.9 Å². The first-order chi connectivity index (χ1) is 9.81. The van der Waals surface area contributed by atoms with Crippen LogP contribution in [-0.4, -0.2) is 33.2 Å². The summed E-state index contributed by atoms with van der Waals surface area (Å²) in [6.45, 7) is 1.66. The van der Waals surface area contributed by atoms with Crippen LogP contribution in [0.4, 0.5) is 11.5 Å². The molecule has 0 fully saturated rings. The number of nitrogens with zero attached hydrogens (tertiary/aromatic N) is 4. The van der Waals surface area contributed by atoms with Gasteiger partial charge in [-0.1, -0.05) is 11.8 Å². The molecule has 0 saturated carbocycles. The molecule has 4 heterocycles. The Morgan fingerprint density at radius 2 is 2.25 bits per heavy atom. The third-order valence-corrected chi connectivity index (χ3v) is 5.22. The molecule has 0 aromatic carbocycles. The van der Waals surface area contributed by atoms with Crippen molar-refractivity contribution in [3.63, 3.8) is 0 Å². The number of amides is 1. The van der Waals surface area contributed by atoms with Crippen molar-refractivity contribution in [3.8, 4) is 0 Å². The molecule has 2 aliphatic heterocycles. The molecule has 0 bridgehead atoms. The maximum atomic E-state index is 11.6. The zero-order valence-corrected chi connectivity index (χ0v) is 12.1. The van der Waals surface area contributed by atoms with E-state index < -0.39 is 0 Å². The van der Waals surface area contributed by atoms with Crippen molar-refractivity contribution in [2.45, 2.75) is 18.0 Å². The molecule has 0 saturated heterocycles. The predicted molar refractivity (Wildman–Crippen MR) is 78.3 cm³/mol. The number of carbonyl (C=O) groups is 1. The van der Waals surface area contributed by atoms with Crippen molar-refractivity contribution in [3.05, 3.63) is 22.4 Å². The lowest BCUT2D eigenvalue weighted by molar-refractivity contribution is -0.113. The highest BCUT2D eigenvalue weighted by Crippen LogP contribution is 2.37. The zero-order valence-electron chi connectivity index (χ0n) is 10.5. The van der Waals surface area contributed by atoms with Gasteiger partial charge in [0.25, 0.3) is 0 Å². The number of hydrogen-bond donors (Lipinski definition) is 1. The summed E-state index contributed by atoms with van der Waals surface area (Å²) in [6, 6.07) is 0. The van der Waals surface area contributed by atoms with Gasteiger partial charge < -0.3 is 10.2 Å². The summed E-state index contributed by atoms with van der Waals surface area (Å²) in [7, 11) is 0. The Morgan fingerprint density at radius 1 is 1.30 bits per heavy atom. The number of aromatic nitrogens is 3. The Kier molecular flexibility index (Phi) is 2.85. The average molecular weight is 305 g/mol. The number of carbonyl (C=O) groups excluding carboxylic acids is 1. The van der Waals surface area contributed by atoms with E-state index in [2.05, 4.69) is 25.2 Å². The van der Waals surface area contributed by atoms with E-state index in [0.29, 0.717) is 5.75 Å². The Morgan fingerprint density at radius 3 is 3.20 bits per heavy atom. The zero-order chi connectivity index (χ0) is 13.5. The van der Waals surface area contributed by atoms with E-state index in [1.807, 2.05) is 5.51 Å². The van der Waals surface area contributed by atoms with Crippen LogP contribution in [-0.2, 0) is 17.8 Å². The fourth-order valence-corrected chi connectivity index (χ4v) is 4.01. The summed E-state index contributed by atoms with van der Waals surface area (Å²) < 4.78 is 0. The first-order valence-electron chi connectivity index (χ1n) is 6.25. The lowest BCUT2D eigenvalue weighted by Crippen LogP contribution is -2.32. The molecule has 102 valence electrons. The topological polar surface area (TPSA) is 71.0 Å². The van der Waals surface area contributed by atoms with Gasteiger partial charge in [0.2, 0.25) is 5.91 Å². The van der Waals surface area contributed by atoms with Crippen molar-refractivity contribution in [1.29, 1.82) is 0 Å². The smallest absolute Gasteiger partial charge is 0.234 e. The van der Waals surface area contributed by atoms with E-state index >= 15 is 0 Å².